The maximum Gasteiger partial charge on any atom is 0.137 e. The van der Waals surface area contributed by atoms with E-state index in [1.165, 1.54) is 0 Å². The fraction of sp³-hybridized carbons (Fsp3) is 0.412. The van der Waals surface area contributed by atoms with Crippen LogP contribution in [0.25, 0.3) is 0 Å². The summed E-state index contributed by atoms with van der Waals surface area (Å²) in [6.07, 6.45) is 1.07. The zero-order chi connectivity index (χ0) is 15.4. The van der Waals surface area contributed by atoms with Crippen molar-refractivity contribution in [1.82, 2.24) is 5.32 Å². The third-order valence-corrected chi connectivity index (χ3v) is 3.81. The molecule has 1 unspecified atom stereocenters. The smallest absolute Gasteiger partial charge is 0.137 e. The minimum Gasteiger partial charge on any atom is -0.495 e. The fourth-order valence-electron chi connectivity index (χ4n) is 2.49. The molecule has 0 saturated heterocycles. The average Bonchev–Trinajstić information content (AvgIpc) is 2.79. The number of rotatable bonds is 6. The lowest BCUT2D eigenvalue weighted by Gasteiger charge is -2.19. The van der Waals surface area contributed by atoms with Gasteiger partial charge in [-0.3, -0.25) is 0 Å². The molecule has 0 radical (unpaired) electrons. The molecule has 0 spiro atoms. The molecule has 1 atom stereocenters. The molecule has 2 aromatic rings. The quantitative estimate of drug-likeness (QED) is 0.843. The molecule has 21 heavy (non-hydrogen) atoms. The van der Waals surface area contributed by atoms with Gasteiger partial charge in [0.1, 0.15) is 17.3 Å². The first-order valence-corrected chi connectivity index (χ1v) is 7.58. The lowest BCUT2D eigenvalue weighted by Crippen LogP contribution is -2.23. The third kappa shape index (κ3) is 3.60. The Morgan fingerprint density at radius 1 is 1.29 bits per heavy atom. The molecule has 1 heterocycles. The van der Waals surface area contributed by atoms with Crippen molar-refractivity contribution in [2.45, 2.75) is 33.2 Å². The Hall–Kier alpha value is -1.45. The zero-order valence-electron chi connectivity index (χ0n) is 13.0. The Labute approximate surface area is 131 Å². The van der Waals surface area contributed by atoms with Crippen molar-refractivity contribution >= 4 is 11.6 Å². The second-order valence-electron chi connectivity index (χ2n) is 5.15. The normalized spacial score (nSPS) is 12.4. The van der Waals surface area contributed by atoms with Gasteiger partial charge in [-0.25, -0.2) is 0 Å². The molecule has 4 heteroatoms. The van der Waals surface area contributed by atoms with Crippen LogP contribution < -0.4 is 10.1 Å². The molecule has 0 fully saturated rings. The number of nitrogens with one attached hydrogen (secondary N) is 1. The topological polar surface area (TPSA) is 34.4 Å². The lowest BCUT2D eigenvalue weighted by atomic mass is 9.98. The van der Waals surface area contributed by atoms with Crippen LogP contribution in [0.4, 0.5) is 0 Å². The number of halogens is 1. The van der Waals surface area contributed by atoms with E-state index in [-0.39, 0.29) is 6.04 Å². The van der Waals surface area contributed by atoms with Gasteiger partial charge < -0.3 is 14.5 Å². The van der Waals surface area contributed by atoms with Crippen LogP contribution in [0.5, 0.6) is 5.75 Å². The molecule has 1 aromatic carbocycles. The molecule has 1 N–H and O–H groups in total. The largest absolute Gasteiger partial charge is 0.495 e. The molecular weight excluding hydrogens is 286 g/mol. The monoisotopic (exact) mass is 307 g/mol. The first-order chi connectivity index (χ1) is 10.1. The van der Waals surface area contributed by atoms with Crippen molar-refractivity contribution in [3.05, 3.63) is 51.9 Å². The predicted molar refractivity (Wildman–Crippen MR) is 86.3 cm³/mol. The minimum atomic E-state index is 0.0774. The first kappa shape index (κ1) is 15.9. The van der Waals surface area contributed by atoms with Gasteiger partial charge in [-0.05, 0) is 50.6 Å². The Bertz CT molecular complexity index is 607. The summed E-state index contributed by atoms with van der Waals surface area (Å²) in [5.41, 5.74) is 2.28. The van der Waals surface area contributed by atoms with Gasteiger partial charge in [-0.15, -0.1) is 0 Å². The van der Waals surface area contributed by atoms with Crippen molar-refractivity contribution in [2.75, 3.05) is 13.7 Å². The maximum atomic E-state index is 6.12. The van der Waals surface area contributed by atoms with Gasteiger partial charge in [-0.2, -0.15) is 0 Å². The number of hydrogen-bond donors (Lipinski definition) is 1. The highest BCUT2D eigenvalue weighted by atomic mass is 35.5. The van der Waals surface area contributed by atoms with Crippen molar-refractivity contribution in [3.63, 3.8) is 0 Å². The predicted octanol–water partition coefficient (Wildman–Crippen LogP) is 4.65. The van der Waals surface area contributed by atoms with E-state index in [0.717, 1.165) is 35.6 Å². The molecule has 0 saturated carbocycles. The molecule has 0 aliphatic rings. The molecule has 114 valence electrons. The van der Waals surface area contributed by atoms with E-state index in [0.29, 0.717) is 10.8 Å². The summed E-state index contributed by atoms with van der Waals surface area (Å²) >= 11 is 6.12. The molecule has 1 aromatic heterocycles. The standard InChI is InChI=1S/C17H22ClNO2/c1-5-8-19-17(14-9-11(2)21-12(14)3)13-6-7-15(18)16(10-13)20-4/h6-7,9-10,17,19H,5,8H2,1-4H3. The third-order valence-electron chi connectivity index (χ3n) is 3.50. The van der Waals surface area contributed by atoms with Crippen LogP contribution >= 0.6 is 11.6 Å². The van der Waals surface area contributed by atoms with Crippen LogP contribution in [-0.4, -0.2) is 13.7 Å². The highest BCUT2D eigenvalue weighted by Crippen LogP contribution is 2.32. The Kier molecular flexibility index (Phi) is 5.32. The minimum absolute atomic E-state index is 0.0774. The second kappa shape index (κ2) is 7.01. The second-order valence-corrected chi connectivity index (χ2v) is 5.56. The molecule has 3 nitrogen and oxygen atoms in total. The van der Waals surface area contributed by atoms with Crippen molar-refractivity contribution in [3.8, 4) is 5.75 Å². The van der Waals surface area contributed by atoms with Crippen LogP contribution in [-0.2, 0) is 0 Å². The molecule has 0 bridgehead atoms. The number of methoxy groups -OCH3 is 1. The Balaban J connectivity index is 2.42. The first-order valence-electron chi connectivity index (χ1n) is 7.20. The molecule has 0 amide bonds. The van der Waals surface area contributed by atoms with Gasteiger partial charge in [0.2, 0.25) is 0 Å². The van der Waals surface area contributed by atoms with Crippen molar-refractivity contribution in [2.24, 2.45) is 0 Å². The Morgan fingerprint density at radius 2 is 2.05 bits per heavy atom. The molecule has 0 aliphatic carbocycles. The van der Waals surface area contributed by atoms with Crippen LogP contribution in [0.2, 0.25) is 5.02 Å². The van der Waals surface area contributed by atoms with Crippen molar-refractivity contribution in [1.29, 1.82) is 0 Å². The molecule has 0 aliphatic heterocycles. The van der Waals surface area contributed by atoms with Crippen LogP contribution in [0, 0.1) is 13.8 Å². The maximum absolute atomic E-state index is 6.12. The van der Waals surface area contributed by atoms with Crippen LogP contribution in [0.3, 0.4) is 0 Å². The summed E-state index contributed by atoms with van der Waals surface area (Å²) in [5, 5.41) is 4.19. The summed E-state index contributed by atoms with van der Waals surface area (Å²) in [6.45, 7) is 7.05. The van der Waals surface area contributed by atoms with E-state index in [1.54, 1.807) is 7.11 Å². The Morgan fingerprint density at radius 3 is 2.62 bits per heavy atom. The fourth-order valence-corrected chi connectivity index (χ4v) is 2.68. The SMILES string of the molecule is CCCNC(c1ccc(Cl)c(OC)c1)c1cc(C)oc1C. The summed E-state index contributed by atoms with van der Waals surface area (Å²) < 4.78 is 11.0. The molecule has 2 rings (SSSR count). The van der Waals surface area contributed by atoms with E-state index in [9.17, 15) is 0 Å². The average molecular weight is 308 g/mol. The summed E-state index contributed by atoms with van der Waals surface area (Å²) in [5.74, 6) is 2.55. The lowest BCUT2D eigenvalue weighted by molar-refractivity contribution is 0.413. The number of ether oxygens (including phenoxy) is 1. The van der Waals surface area contributed by atoms with Crippen LogP contribution in [0.1, 0.15) is 42.0 Å². The number of hydrogen-bond acceptors (Lipinski definition) is 3. The summed E-state index contributed by atoms with van der Waals surface area (Å²) in [4.78, 5) is 0. The van der Waals surface area contributed by atoms with Gasteiger partial charge >= 0.3 is 0 Å². The van der Waals surface area contributed by atoms with Gasteiger partial charge in [0.25, 0.3) is 0 Å². The molecular formula is C17H22ClNO2. The highest BCUT2D eigenvalue weighted by Gasteiger charge is 2.19. The van der Waals surface area contributed by atoms with E-state index >= 15 is 0 Å². The van der Waals surface area contributed by atoms with Crippen LogP contribution in [0.15, 0.2) is 28.7 Å². The van der Waals surface area contributed by atoms with E-state index in [4.69, 9.17) is 20.8 Å². The number of benzene rings is 1. The number of furan rings is 1. The number of aryl methyl sites for hydroxylation is 2. The zero-order valence-corrected chi connectivity index (χ0v) is 13.8. The van der Waals surface area contributed by atoms with Gasteiger partial charge in [0, 0.05) is 5.56 Å². The summed E-state index contributed by atoms with van der Waals surface area (Å²) in [6, 6.07) is 8.05. The van der Waals surface area contributed by atoms with Gasteiger partial charge in [0.15, 0.2) is 0 Å². The van der Waals surface area contributed by atoms with E-state index in [2.05, 4.69) is 18.3 Å². The highest BCUT2D eigenvalue weighted by molar-refractivity contribution is 6.32. The van der Waals surface area contributed by atoms with Gasteiger partial charge in [-0.1, -0.05) is 24.6 Å². The summed E-state index contributed by atoms with van der Waals surface area (Å²) in [7, 11) is 1.63. The van der Waals surface area contributed by atoms with Gasteiger partial charge in [0.05, 0.1) is 18.2 Å². The van der Waals surface area contributed by atoms with E-state index in [1.807, 2.05) is 32.0 Å². The van der Waals surface area contributed by atoms with Crippen molar-refractivity contribution < 1.29 is 9.15 Å². The van der Waals surface area contributed by atoms with E-state index < -0.39 is 0 Å².